The number of carboxylic acids is 1. The summed E-state index contributed by atoms with van der Waals surface area (Å²) in [7, 11) is 0. The van der Waals surface area contributed by atoms with Crippen LogP contribution in [-0.4, -0.2) is 54.4 Å². The fourth-order valence-electron chi connectivity index (χ4n) is 5.37. The first-order valence-corrected chi connectivity index (χ1v) is 13.2. The van der Waals surface area contributed by atoms with E-state index in [-0.39, 0.29) is 37.0 Å². The maximum Gasteiger partial charge on any atom is 0.416 e. The lowest BCUT2D eigenvalue weighted by Crippen LogP contribution is -2.33. The van der Waals surface area contributed by atoms with E-state index in [4.69, 9.17) is 9.47 Å². The molecule has 1 aliphatic heterocycles. The molecule has 43 heavy (non-hydrogen) atoms. The van der Waals surface area contributed by atoms with Gasteiger partial charge >= 0.3 is 12.1 Å². The third-order valence-electron chi connectivity index (χ3n) is 7.44. The van der Waals surface area contributed by atoms with Crippen LogP contribution in [-0.2, 0) is 23.9 Å². The van der Waals surface area contributed by atoms with Crippen molar-refractivity contribution in [1.29, 1.82) is 0 Å². The number of fused-ring (bicyclic) bond motifs is 1. The topological polar surface area (TPSA) is 71.0 Å². The minimum atomic E-state index is -4.32. The largest absolute Gasteiger partial charge is 0.492 e. The minimum Gasteiger partial charge on any atom is -0.492 e. The van der Waals surface area contributed by atoms with Crippen molar-refractivity contribution in [2.75, 3.05) is 26.2 Å². The number of benzene rings is 3. The van der Waals surface area contributed by atoms with Crippen LogP contribution in [0.15, 0.2) is 66.7 Å². The Hall–Kier alpha value is -3.12. The Morgan fingerprint density at radius 3 is 2.05 bits per heavy atom. The fourth-order valence-corrected chi connectivity index (χ4v) is 5.37. The van der Waals surface area contributed by atoms with Crippen molar-refractivity contribution in [1.82, 2.24) is 10.2 Å². The van der Waals surface area contributed by atoms with Gasteiger partial charge in [0.15, 0.2) is 6.10 Å². The Morgan fingerprint density at radius 1 is 0.907 bits per heavy atom. The number of hydrogen-bond donors (Lipinski definition) is 2. The van der Waals surface area contributed by atoms with Gasteiger partial charge in [-0.1, -0.05) is 24.3 Å². The van der Waals surface area contributed by atoms with Crippen molar-refractivity contribution < 1.29 is 41.3 Å². The maximum atomic E-state index is 13.4. The number of rotatable bonds is 12. The van der Waals surface area contributed by atoms with Crippen molar-refractivity contribution >= 4 is 30.8 Å². The zero-order valence-corrected chi connectivity index (χ0v) is 24.4. The number of halogens is 7. The van der Waals surface area contributed by atoms with Crippen molar-refractivity contribution in [2.24, 2.45) is 11.8 Å². The summed E-state index contributed by atoms with van der Waals surface area (Å²) in [5, 5.41) is 13.0. The molecule has 1 heterocycles. The second-order valence-electron chi connectivity index (χ2n) is 10.4. The molecule has 234 valence electrons. The van der Waals surface area contributed by atoms with Crippen LogP contribution in [0.5, 0.6) is 11.5 Å². The third-order valence-corrected chi connectivity index (χ3v) is 7.44. The molecule has 3 aromatic carbocycles. The number of carbonyl (C=O) groups is 1. The molecule has 4 atom stereocenters. The first-order valence-electron chi connectivity index (χ1n) is 13.2. The van der Waals surface area contributed by atoms with E-state index in [0.29, 0.717) is 55.0 Å². The zero-order chi connectivity index (χ0) is 29.1. The molecule has 2 aliphatic rings. The predicted molar refractivity (Wildman–Crippen MR) is 154 cm³/mol. The van der Waals surface area contributed by atoms with E-state index in [1.54, 1.807) is 36.4 Å². The number of piperidine rings is 1. The number of nitrogens with zero attached hydrogens (tertiary/aromatic N) is 1. The van der Waals surface area contributed by atoms with Gasteiger partial charge < -0.3 is 19.9 Å². The molecule has 2 N–H and O–H groups in total. The quantitative estimate of drug-likeness (QED) is 0.185. The van der Waals surface area contributed by atoms with Crippen LogP contribution in [0, 0.1) is 23.5 Å². The van der Waals surface area contributed by atoms with Gasteiger partial charge in [0.1, 0.15) is 29.7 Å². The standard InChI is InChI=1S/C30H29F5N2O4.2ClH/c31-21-12-22(32)14-24(13-21)41-27(29(38)39)11-18-3-7-23(8-4-18)40-10-9-36-28-25-16-37(17-26(25)28)15-19-1-5-20(6-2-19)30(33,34)35;;/h1-8,12-14,25-28,36H,9-11,15-17H2,(H,38,39);2*1H/t25-,26?,27-,28+;;/m0../s1. The molecule has 13 heteroatoms. The summed E-state index contributed by atoms with van der Waals surface area (Å²) in [6.45, 7) is 3.54. The van der Waals surface area contributed by atoms with E-state index in [2.05, 4.69) is 10.2 Å². The van der Waals surface area contributed by atoms with Crippen LogP contribution in [0.4, 0.5) is 22.0 Å². The van der Waals surface area contributed by atoms with E-state index in [0.717, 1.165) is 42.9 Å². The fraction of sp³-hybridized carbons (Fsp3) is 0.367. The Labute approximate surface area is 258 Å². The highest BCUT2D eigenvalue weighted by Crippen LogP contribution is 2.45. The summed E-state index contributed by atoms with van der Waals surface area (Å²) in [6, 6.07) is 15.2. The molecule has 0 spiro atoms. The minimum absolute atomic E-state index is 0. The van der Waals surface area contributed by atoms with E-state index in [1.807, 2.05) is 0 Å². The summed E-state index contributed by atoms with van der Waals surface area (Å²) < 4.78 is 76.1. The number of carboxylic acid groups (broad SMARTS) is 1. The molecule has 1 aliphatic carbocycles. The molecule has 2 fully saturated rings. The first-order chi connectivity index (χ1) is 19.5. The molecule has 6 nitrogen and oxygen atoms in total. The Bertz CT molecular complexity index is 1330. The third kappa shape index (κ3) is 9.18. The molecule has 1 saturated heterocycles. The highest BCUT2D eigenvalue weighted by molar-refractivity contribution is 5.85. The van der Waals surface area contributed by atoms with E-state index in [1.165, 1.54) is 0 Å². The van der Waals surface area contributed by atoms with Crippen molar-refractivity contribution in [2.45, 2.75) is 31.3 Å². The molecule has 0 bridgehead atoms. The van der Waals surface area contributed by atoms with Gasteiger partial charge in [0, 0.05) is 56.8 Å². The van der Waals surface area contributed by atoms with Crippen LogP contribution < -0.4 is 14.8 Å². The highest BCUT2D eigenvalue weighted by Gasteiger charge is 2.55. The van der Waals surface area contributed by atoms with Gasteiger partial charge in [-0.15, -0.1) is 24.8 Å². The van der Waals surface area contributed by atoms with Crippen molar-refractivity contribution in [3.8, 4) is 11.5 Å². The average molecular weight is 649 g/mol. The number of ether oxygens (including phenoxy) is 2. The SMILES string of the molecule is Cl.Cl.O=C(O)[C@H](Cc1ccc(OCCN[C@H]2C3CN(Cc4ccc(C(F)(F)F)cc4)C[C@@H]32)cc1)Oc1cc(F)cc(F)c1. The predicted octanol–water partition coefficient (Wildman–Crippen LogP) is 6.00. The van der Waals surface area contributed by atoms with Gasteiger partial charge in [0.05, 0.1) is 5.56 Å². The van der Waals surface area contributed by atoms with Gasteiger partial charge in [0.25, 0.3) is 0 Å². The normalized spacial score (nSPS) is 19.9. The summed E-state index contributed by atoms with van der Waals surface area (Å²) in [4.78, 5) is 13.9. The summed E-state index contributed by atoms with van der Waals surface area (Å²) >= 11 is 0. The smallest absolute Gasteiger partial charge is 0.416 e. The summed E-state index contributed by atoms with van der Waals surface area (Å²) in [5.41, 5.74) is 0.897. The monoisotopic (exact) mass is 648 g/mol. The molecule has 0 radical (unpaired) electrons. The van der Waals surface area contributed by atoms with Gasteiger partial charge in [-0.05, 0) is 47.2 Å². The zero-order valence-electron chi connectivity index (χ0n) is 22.7. The van der Waals surface area contributed by atoms with E-state index in [9.17, 15) is 31.9 Å². The van der Waals surface area contributed by atoms with Gasteiger partial charge in [-0.2, -0.15) is 13.2 Å². The van der Waals surface area contributed by atoms with Crippen LogP contribution in [0.1, 0.15) is 16.7 Å². The van der Waals surface area contributed by atoms with E-state index < -0.39 is 35.4 Å². The second-order valence-corrected chi connectivity index (χ2v) is 10.4. The summed E-state index contributed by atoms with van der Waals surface area (Å²) in [5.74, 6) is -1.50. The number of likely N-dealkylation sites (tertiary alicyclic amines) is 1. The molecular weight excluding hydrogens is 618 g/mol. The molecule has 1 unspecified atom stereocenters. The van der Waals surface area contributed by atoms with Crippen LogP contribution >= 0.6 is 24.8 Å². The Morgan fingerprint density at radius 2 is 1.49 bits per heavy atom. The molecule has 3 aromatic rings. The Balaban J connectivity index is 0.00000253. The number of nitrogens with one attached hydrogen (secondary N) is 1. The average Bonchev–Trinajstić information content (AvgIpc) is 3.35. The number of alkyl halides is 3. The van der Waals surface area contributed by atoms with Crippen LogP contribution in [0.3, 0.4) is 0 Å². The van der Waals surface area contributed by atoms with Crippen LogP contribution in [0.25, 0.3) is 0 Å². The maximum absolute atomic E-state index is 13.4. The van der Waals surface area contributed by atoms with E-state index >= 15 is 0 Å². The molecule has 1 saturated carbocycles. The lowest BCUT2D eigenvalue weighted by atomic mass is 10.1. The van der Waals surface area contributed by atoms with Gasteiger partial charge in [-0.25, -0.2) is 13.6 Å². The lowest BCUT2D eigenvalue weighted by Gasteiger charge is -2.20. The Kier molecular flexibility index (Phi) is 11.6. The summed E-state index contributed by atoms with van der Waals surface area (Å²) in [6.07, 6.45) is -5.65. The number of aliphatic carboxylic acids is 1. The van der Waals surface area contributed by atoms with Crippen LogP contribution in [0.2, 0.25) is 0 Å². The lowest BCUT2D eigenvalue weighted by molar-refractivity contribution is -0.145. The van der Waals surface area contributed by atoms with Crippen molar-refractivity contribution in [3.63, 3.8) is 0 Å². The van der Waals surface area contributed by atoms with Gasteiger partial charge in [0.2, 0.25) is 0 Å². The molecular formula is C30H31Cl2F5N2O4. The first kappa shape index (κ1) is 34.4. The van der Waals surface area contributed by atoms with Crippen molar-refractivity contribution in [3.05, 3.63) is 95.1 Å². The number of hydrogen-bond acceptors (Lipinski definition) is 5. The second kappa shape index (κ2) is 14.6. The molecule has 5 rings (SSSR count). The molecule has 0 aromatic heterocycles. The van der Waals surface area contributed by atoms with Gasteiger partial charge in [-0.3, -0.25) is 4.90 Å². The molecule has 0 amide bonds. The highest BCUT2D eigenvalue weighted by atomic mass is 35.5.